The monoisotopic (exact) mass is 391 g/mol. The van der Waals surface area contributed by atoms with E-state index in [-0.39, 0.29) is 11.3 Å². The van der Waals surface area contributed by atoms with E-state index in [9.17, 15) is 4.79 Å². The summed E-state index contributed by atoms with van der Waals surface area (Å²) in [5, 5.41) is 10.1. The maximum Gasteiger partial charge on any atom is 0.248 e. The fraction of sp³-hybridized carbons (Fsp3) is 0.286. The Balaban J connectivity index is 1.95. The van der Waals surface area contributed by atoms with E-state index in [0.29, 0.717) is 23.3 Å². The number of nitrogens with one attached hydrogen (secondary N) is 3. The van der Waals surface area contributed by atoms with E-state index in [1.54, 1.807) is 24.5 Å². The van der Waals surface area contributed by atoms with Crippen LogP contribution in [0.25, 0.3) is 10.9 Å². The smallest absolute Gasteiger partial charge is 0.248 e. The summed E-state index contributed by atoms with van der Waals surface area (Å²) in [6.45, 7) is 12.6. The molecule has 8 nitrogen and oxygen atoms in total. The molecule has 3 heterocycles. The van der Waals surface area contributed by atoms with E-state index < -0.39 is 0 Å². The average molecular weight is 391 g/mol. The van der Waals surface area contributed by atoms with Gasteiger partial charge in [0.1, 0.15) is 5.52 Å². The predicted molar refractivity (Wildman–Crippen MR) is 116 cm³/mol. The topological polar surface area (TPSA) is 105 Å². The Morgan fingerprint density at radius 1 is 1.21 bits per heavy atom. The number of hydrogen-bond donors (Lipinski definition) is 3. The van der Waals surface area contributed by atoms with Crippen LogP contribution in [0.15, 0.2) is 43.2 Å². The van der Waals surface area contributed by atoms with Gasteiger partial charge < -0.3 is 16.0 Å². The maximum atomic E-state index is 11.6. The minimum atomic E-state index is -0.348. The first-order chi connectivity index (χ1) is 13.7. The second-order valence-corrected chi connectivity index (χ2v) is 7.88. The second kappa shape index (κ2) is 8.22. The van der Waals surface area contributed by atoms with Gasteiger partial charge in [0.15, 0.2) is 11.6 Å². The van der Waals surface area contributed by atoms with Crippen LogP contribution in [0.3, 0.4) is 0 Å². The van der Waals surface area contributed by atoms with E-state index in [1.807, 2.05) is 13.0 Å². The number of nitrogens with zero attached hydrogens (tertiary/aromatic N) is 4. The summed E-state index contributed by atoms with van der Waals surface area (Å²) >= 11 is 0. The minimum absolute atomic E-state index is 0.0971. The van der Waals surface area contributed by atoms with E-state index in [1.165, 1.54) is 6.08 Å². The maximum absolute atomic E-state index is 11.6. The van der Waals surface area contributed by atoms with Crippen molar-refractivity contribution in [1.82, 2.24) is 19.9 Å². The summed E-state index contributed by atoms with van der Waals surface area (Å²) in [6, 6.07) is 5.49. The van der Waals surface area contributed by atoms with Crippen molar-refractivity contribution in [2.24, 2.45) is 5.41 Å². The molecule has 3 rings (SSSR count). The molecule has 0 radical (unpaired) electrons. The normalized spacial score (nSPS) is 11.2. The van der Waals surface area contributed by atoms with Crippen LogP contribution in [-0.2, 0) is 4.79 Å². The summed E-state index contributed by atoms with van der Waals surface area (Å²) < 4.78 is 0. The number of carbonyl (C=O) groups excluding carboxylic acids is 1. The first-order valence-electron chi connectivity index (χ1n) is 9.29. The number of aromatic nitrogens is 4. The molecule has 3 aromatic rings. The molecular formula is C21H25N7O. The second-order valence-electron chi connectivity index (χ2n) is 7.88. The molecule has 0 fully saturated rings. The lowest BCUT2D eigenvalue weighted by Gasteiger charge is -2.20. The van der Waals surface area contributed by atoms with E-state index in [4.69, 9.17) is 0 Å². The third-order valence-corrected chi connectivity index (χ3v) is 3.96. The van der Waals surface area contributed by atoms with Gasteiger partial charge in [-0.3, -0.25) is 4.79 Å². The quantitative estimate of drug-likeness (QED) is 0.544. The van der Waals surface area contributed by atoms with Crippen molar-refractivity contribution in [1.29, 1.82) is 0 Å². The number of aryl methyl sites for hydroxylation is 1. The first-order valence-corrected chi connectivity index (χ1v) is 9.29. The molecule has 1 amide bonds. The molecule has 29 heavy (non-hydrogen) atoms. The van der Waals surface area contributed by atoms with Gasteiger partial charge in [-0.15, -0.1) is 0 Å². The molecular weight excluding hydrogens is 366 g/mol. The number of pyridine rings is 2. The van der Waals surface area contributed by atoms with Gasteiger partial charge in [0.25, 0.3) is 0 Å². The molecule has 0 aromatic carbocycles. The van der Waals surface area contributed by atoms with Crippen molar-refractivity contribution in [3.8, 4) is 0 Å². The van der Waals surface area contributed by atoms with Crippen LogP contribution in [0, 0.1) is 12.3 Å². The van der Waals surface area contributed by atoms with Gasteiger partial charge in [-0.2, -0.15) is 0 Å². The number of hydrogen-bond acceptors (Lipinski definition) is 7. The Labute approximate surface area is 169 Å². The summed E-state index contributed by atoms with van der Waals surface area (Å²) in [5.74, 6) is 1.12. The van der Waals surface area contributed by atoms with Crippen LogP contribution in [0.5, 0.6) is 0 Å². The van der Waals surface area contributed by atoms with Crippen molar-refractivity contribution >= 4 is 40.1 Å². The Hall–Kier alpha value is -3.55. The average Bonchev–Trinajstić information content (AvgIpc) is 2.67. The highest BCUT2D eigenvalue weighted by Crippen LogP contribution is 2.26. The zero-order valence-electron chi connectivity index (χ0n) is 17.1. The Morgan fingerprint density at radius 3 is 2.72 bits per heavy atom. The third kappa shape index (κ3) is 5.25. The van der Waals surface area contributed by atoms with Gasteiger partial charge in [0, 0.05) is 30.0 Å². The molecule has 8 heteroatoms. The lowest BCUT2D eigenvalue weighted by molar-refractivity contribution is -0.111. The molecule has 3 aromatic heterocycles. The Kier molecular flexibility index (Phi) is 5.72. The van der Waals surface area contributed by atoms with Crippen LogP contribution in [0.2, 0.25) is 0 Å². The number of amides is 1. The number of anilines is 4. The zero-order valence-corrected chi connectivity index (χ0v) is 17.1. The minimum Gasteiger partial charge on any atom is -0.368 e. The highest BCUT2D eigenvalue weighted by atomic mass is 16.1. The summed E-state index contributed by atoms with van der Waals surface area (Å²) in [7, 11) is 0. The van der Waals surface area contributed by atoms with E-state index >= 15 is 0 Å². The van der Waals surface area contributed by atoms with E-state index in [2.05, 4.69) is 63.2 Å². The zero-order chi connectivity index (χ0) is 21.0. The van der Waals surface area contributed by atoms with Crippen molar-refractivity contribution in [3.63, 3.8) is 0 Å². The summed E-state index contributed by atoms with van der Waals surface area (Å²) in [6.07, 6.45) is 4.53. The molecule has 0 atom stereocenters. The van der Waals surface area contributed by atoms with Gasteiger partial charge in [0.2, 0.25) is 11.9 Å². The van der Waals surface area contributed by atoms with Gasteiger partial charge >= 0.3 is 0 Å². The molecule has 150 valence electrons. The van der Waals surface area contributed by atoms with E-state index in [0.717, 1.165) is 23.1 Å². The highest BCUT2D eigenvalue weighted by molar-refractivity contribution is 6.00. The molecule has 0 aliphatic carbocycles. The molecule has 0 aliphatic rings. The summed E-state index contributed by atoms with van der Waals surface area (Å²) in [5.41, 5.74) is 2.28. The standard InChI is InChI=1S/C21H25N7O/c1-6-16(29)27-18-15(8-7-9-22-18)26-20-23-11-14-10-13(2)25-19(17(14)28-20)24-12-21(3,4)5/h6-11H,1,12H2,2-5H3,(H,24,25)(H,22,27,29)(H,23,26,28). The first kappa shape index (κ1) is 20.2. The summed E-state index contributed by atoms with van der Waals surface area (Å²) in [4.78, 5) is 29.5. The van der Waals surface area contributed by atoms with Crippen molar-refractivity contribution < 1.29 is 4.79 Å². The Bertz CT molecular complexity index is 1060. The highest BCUT2D eigenvalue weighted by Gasteiger charge is 2.14. The lowest BCUT2D eigenvalue weighted by Crippen LogP contribution is -2.20. The molecule has 0 aliphatic heterocycles. The molecule has 0 spiro atoms. The number of rotatable bonds is 6. The van der Waals surface area contributed by atoms with Crippen LogP contribution >= 0.6 is 0 Å². The van der Waals surface area contributed by atoms with Crippen molar-refractivity contribution in [2.45, 2.75) is 27.7 Å². The van der Waals surface area contributed by atoms with Gasteiger partial charge in [0.05, 0.1) is 5.69 Å². The SMILES string of the molecule is C=CC(=O)Nc1ncccc1Nc1ncc2cc(C)nc(NCC(C)(C)C)c2n1. The van der Waals surface area contributed by atoms with Crippen LogP contribution in [0.4, 0.5) is 23.3 Å². The molecule has 0 bridgehead atoms. The van der Waals surface area contributed by atoms with Gasteiger partial charge in [-0.1, -0.05) is 27.4 Å². The van der Waals surface area contributed by atoms with Gasteiger partial charge in [-0.05, 0) is 36.6 Å². The lowest BCUT2D eigenvalue weighted by atomic mass is 9.97. The van der Waals surface area contributed by atoms with Crippen LogP contribution in [-0.4, -0.2) is 32.4 Å². The number of carbonyl (C=O) groups is 1. The molecule has 0 saturated heterocycles. The fourth-order valence-corrected chi connectivity index (χ4v) is 2.60. The van der Waals surface area contributed by atoms with Crippen LogP contribution in [0.1, 0.15) is 26.5 Å². The van der Waals surface area contributed by atoms with Gasteiger partial charge in [-0.25, -0.2) is 19.9 Å². The predicted octanol–water partition coefficient (Wildman–Crippen LogP) is 4.05. The van der Waals surface area contributed by atoms with Crippen molar-refractivity contribution in [2.75, 3.05) is 22.5 Å². The Morgan fingerprint density at radius 2 is 2.00 bits per heavy atom. The molecule has 0 saturated carbocycles. The molecule has 0 unspecified atom stereocenters. The fourth-order valence-electron chi connectivity index (χ4n) is 2.60. The van der Waals surface area contributed by atoms with Crippen LogP contribution < -0.4 is 16.0 Å². The third-order valence-electron chi connectivity index (χ3n) is 3.96. The number of fused-ring (bicyclic) bond motifs is 1. The molecule has 3 N–H and O–H groups in total. The van der Waals surface area contributed by atoms with Crippen molar-refractivity contribution in [3.05, 3.63) is 48.9 Å². The largest absolute Gasteiger partial charge is 0.368 e.